The van der Waals surface area contributed by atoms with Crippen LogP contribution >= 0.6 is 0 Å². The Hall–Kier alpha value is -1.63. The summed E-state index contributed by atoms with van der Waals surface area (Å²) < 4.78 is 14.8. The molecule has 0 radical (unpaired) electrons. The number of hydrogen-bond acceptors (Lipinski definition) is 0. The van der Waals surface area contributed by atoms with Gasteiger partial charge in [-0.25, -0.2) is 4.39 Å². The van der Waals surface area contributed by atoms with Gasteiger partial charge >= 0.3 is 0 Å². The van der Waals surface area contributed by atoms with Gasteiger partial charge in [0.05, 0.1) is 0 Å². The highest BCUT2D eigenvalue weighted by atomic mass is 19.1. The standard InChI is InChI=1S/C26H35F/c1-4-6-21-9-14-24(15-10-21)25-16-11-22(18-26(25)27)17-19(3)23-12-7-20(5-2)8-13-23/h9-11,14-16,18-20,23H,4-8,12-13,17H2,1-3H3. The van der Waals surface area contributed by atoms with Gasteiger partial charge in [0.15, 0.2) is 0 Å². The van der Waals surface area contributed by atoms with Crippen LogP contribution in [0.2, 0.25) is 0 Å². The maximum absolute atomic E-state index is 14.8. The maximum Gasteiger partial charge on any atom is 0.131 e. The lowest BCUT2D eigenvalue weighted by Gasteiger charge is -2.32. The highest BCUT2D eigenvalue weighted by molar-refractivity contribution is 5.64. The Kier molecular flexibility index (Phi) is 7.10. The Morgan fingerprint density at radius 2 is 1.59 bits per heavy atom. The minimum absolute atomic E-state index is 0.0855. The van der Waals surface area contributed by atoms with Crippen LogP contribution in [0, 0.1) is 23.6 Å². The summed E-state index contributed by atoms with van der Waals surface area (Å²) >= 11 is 0. The van der Waals surface area contributed by atoms with Crippen molar-refractivity contribution in [3.8, 4) is 11.1 Å². The van der Waals surface area contributed by atoms with E-state index in [1.165, 1.54) is 37.7 Å². The van der Waals surface area contributed by atoms with Gasteiger partial charge in [-0.05, 0) is 66.2 Å². The van der Waals surface area contributed by atoms with E-state index in [0.29, 0.717) is 5.92 Å². The largest absolute Gasteiger partial charge is 0.206 e. The molecule has 1 aliphatic carbocycles. The molecule has 1 aliphatic rings. The van der Waals surface area contributed by atoms with E-state index in [2.05, 4.69) is 51.1 Å². The molecule has 1 atom stereocenters. The Bertz CT molecular complexity index is 707. The minimum Gasteiger partial charge on any atom is -0.206 e. The number of halogens is 1. The van der Waals surface area contributed by atoms with E-state index in [-0.39, 0.29) is 5.82 Å². The maximum atomic E-state index is 14.8. The van der Waals surface area contributed by atoms with E-state index in [9.17, 15) is 4.39 Å². The van der Waals surface area contributed by atoms with Gasteiger partial charge in [0.2, 0.25) is 0 Å². The van der Waals surface area contributed by atoms with Crippen molar-refractivity contribution < 1.29 is 4.39 Å². The highest BCUT2D eigenvalue weighted by Crippen LogP contribution is 2.36. The second kappa shape index (κ2) is 9.53. The molecule has 1 heteroatoms. The number of aryl methyl sites for hydroxylation is 1. The van der Waals surface area contributed by atoms with Gasteiger partial charge in [-0.2, -0.15) is 0 Å². The molecule has 2 aromatic carbocycles. The normalized spacial score (nSPS) is 21.2. The first kappa shape index (κ1) is 20.1. The first-order valence-electron chi connectivity index (χ1n) is 11.0. The highest BCUT2D eigenvalue weighted by Gasteiger charge is 2.24. The zero-order chi connectivity index (χ0) is 19.2. The third kappa shape index (κ3) is 5.21. The monoisotopic (exact) mass is 366 g/mol. The van der Waals surface area contributed by atoms with Crippen LogP contribution in [-0.2, 0) is 12.8 Å². The smallest absolute Gasteiger partial charge is 0.131 e. The first-order chi connectivity index (χ1) is 13.1. The lowest BCUT2D eigenvalue weighted by atomic mass is 9.74. The van der Waals surface area contributed by atoms with Crippen molar-refractivity contribution in [3.05, 3.63) is 59.4 Å². The molecule has 1 fully saturated rings. The van der Waals surface area contributed by atoms with E-state index in [1.807, 2.05) is 6.07 Å². The van der Waals surface area contributed by atoms with Crippen LogP contribution in [0.5, 0.6) is 0 Å². The molecule has 146 valence electrons. The zero-order valence-electron chi connectivity index (χ0n) is 17.3. The first-order valence-corrected chi connectivity index (χ1v) is 11.0. The van der Waals surface area contributed by atoms with E-state index < -0.39 is 0 Å². The van der Waals surface area contributed by atoms with Gasteiger partial charge in [0.25, 0.3) is 0 Å². The van der Waals surface area contributed by atoms with E-state index in [0.717, 1.165) is 47.8 Å². The Morgan fingerprint density at radius 1 is 0.926 bits per heavy atom. The third-order valence-electron chi connectivity index (χ3n) is 6.67. The van der Waals surface area contributed by atoms with Crippen molar-refractivity contribution in [3.63, 3.8) is 0 Å². The lowest BCUT2D eigenvalue weighted by molar-refractivity contribution is 0.210. The lowest BCUT2D eigenvalue weighted by Crippen LogP contribution is -2.21. The molecule has 3 rings (SSSR count). The van der Waals surface area contributed by atoms with Crippen molar-refractivity contribution in [1.29, 1.82) is 0 Å². The summed E-state index contributed by atoms with van der Waals surface area (Å²) in [5.74, 6) is 2.30. The molecule has 0 spiro atoms. The third-order valence-corrected chi connectivity index (χ3v) is 6.67. The van der Waals surface area contributed by atoms with Crippen molar-refractivity contribution in [2.75, 3.05) is 0 Å². The van der Waals surface area contributed by atoms with Gasteiger partial charge < -0.3 is 0 Å². The number of benzene rings is 2. The second-order valence-corrected chi connectivity index (χ2v) is 8.63. The summed E-state index contributed by atoms with van der Waals surface area (Å²) in [6, 6.07) is 14.2. The molecular formula is C26H35F. The van der Waals surface area contributed by atoms with Crippen LogP contribution in [-0.4, -0.2) is 0 Å². The molecule has 1 saturated carbocycles. The molecule has 27 heavy (non-hydrogen) atoms. The van der Waals surface area contributed by atoms with Gasteiger partial charge in [-0.3, -0.25) is 0 Å². The predicted molar refractivity (Wildman–Crippen MR) is 114 cm³/mol. The second-order valence-electron chi connectivity index (χ2n) is 8.63. The summed E-state index contributed by atoms with van der Waals surface area (Å²) in [7, 11) is 0. The molecule has 0 saturated heterocycles. The fourth-order valence-electron chi connectivity index (χ4n) is 4.76. The summed E-state index contributed by atoms with van der Waals surface area (Å²) in [5.41, 5.74) is 4.16. The molecule has 0 heterocycles. The Balaban J connectivity index is 1.64. The average Bonchev–Trinajstić information content (AvgIpc) is 2.69. The van der Waals surface area contributed by atoms with Gasteiger partial charge in [0, 0.05) is 5.56 Å². The molecule has 0 amide bonds. The van der Waals surface area contributed by atoms with E-state index in [4.69, 9.17) is 0 Å². The van der Waals surface area contributed by atoms with Crippen LogP contribution in [0.25, 0.3) is 11.1 Å². The predicted octanol–water partition coefficient (Wildman–Crippen LogP) is 7.84. The molecule has 0 bridgehead atoms. The molecule has 2 aromatic rings. The van der Waals surface area contributed by atoms with Gasteiger partial charge in [-0.15, -0.1) is 0 Å². The molecule has 0 nitrogen and oxygen atoms in total. The fraction of sp³-hybridized carbons (Fsp3) is 0.538. The Morgan fingerprint density at radius 3 is 2.19 bits per heavy atom. The summed E-state index contributed by atoms with van der Waals surface area (Å²) in [4.78, 5) is 0. The summed E-state index contributed by atoms with van der Waals surface area (Å²) in [5, 5.41) is 0. The minimum atomic E-state index is -0.0855. The van der Waals surface area contributed by atoms with Crippen LogP contribution < -0.4 is 0 Å². The average molecular weight is 367 g/mol. The topological polar surface area (TPSA) is 0 Å². The van der Waals surface area contributed by atoms with Crippen LogP contribution in [0.4, 0.5) is 4.39 Å². The Labute approximate surface area is 165 Å². The number of hydrogen-bond donors (Lipinski definition) is 0. The van der Waals surface area contributed by atoms with Crippen molar-refractivity contribution in [1.82, 2.24) is 0 Å². The van der Waals surface area contributed by atoms with Crippen LogP contribution in [0.15, 0.2) is 42.5 Å². The van der Waals surface area contributed by atoms with E-state index >= 15 is 0 Å². The summed E-state index contributed by atoms with van der Waals surface area (Å²) in [6.45, 7) is 6.86. The SMILES string of the molecule is CCCc1ccc(-c2ccc(CC(C)C3CCC(CC)CC3)cc2F)cc1. The van der Waals surface area contributed by atoms with Gasteiger partial charge in [0.1, 0.15) is 5.82 Å². The van der Waals surface area contributed by atoms with Crippen molar-refractivity contribution in [2.45, 2.75) is 72.1 Å². The van der Waals surface area contributed by atoms with Gasteiger partial charge in [-0.1, -0.05) is 82.9 Å². The molecular weight excluding hydrogens is 331 g/mol. The van der Waals surface area contributed by atoms with E-state index in [1.54, 1.807) is 6.07 Å². The van der Waals surface area contributed by atoms with Crippen LogP contribution in [0.3, 0.4) is 0 Å². The zero-order valence-corrected chi connectivity index (χ0v) is 17.3. The summed E-state index contributed by atoms with van der Waals surface area (Å²) in [6.07, 6.45) is 10.0. The van der Waals surface area contributed by atoms with Crippen molar-refractivity contribution >= 4 is 0 Å². The quantitative estimate of drug-likeness (QED) is 0.468. The van der Waals surface area contributed by atoms with Crippen molar-refractivity contribution in [2.24, 2.45) is 17.8 Å². The molecule has 1 unspecified atom stereocenters. The fourth-order valence-corrected chi connectivity index (χ4v) is 4.76. The van der Waals surface area contributed by atoms with Crippen LogP contribution in [0.1, 0.15) is 70.4 Å². The molecule has 0 aromatic heterocycles. The number of rotatable bonds is 7. The molecule has 0 N–H and O–H groups in total. The molecule has 0 aliphatic heterocycles.